The molecule has 0 fully saturated rings. The summed E-state index contributed by atoms with van der Waals surface area (Å²) in [6.07, 6.45) is 5.09. The number of aryl methyl sites for hydroxylation is 1. The van der Waals surface area contributed by atoms with Gasteiger partial charge in [-0.1, -0.05) is 11.9 Å². The van der Waals surface area contributed by atoms with Crippen molar-refractivity contribution >= 4 is 40.0 Å². The van der Waals surface area contributed by atoms with Gasteiger partial charge in [0.15, 0.2) is 5.13 Å². The molecule has 2 aromatic heterocycles. The van der Waals surface area contributed by atoms with E-state index in [9.17, 15) is 4.79 Å². The van der Waals surface area contributed by atoms with Crippen molar-refractivity contribution < 1.29 is 9.21 Å². The number of nitriles is 1. The lowest BCUT2D eigenvalue weighted by Gasteiger charge is -2.21. The number of nitrogens with one attached hydrogen (secondary N) is 1. The normalized spacial score (nSPS) is 10.3. The van der Waals surface area contributed by atoms with Crippen LogP contribution in [0.5, 0.6) is 0 Å². The number of anilines is 2. The lowest BCUT2D eigenvalue weighted by atomic mass is 10.2. The monoisotopic (exact) mass is 384 g/mol. The molecule has 0 saturated heterocycles. The van der Waals surface area contributed by atoms with Gasteiger partial charge in [-0.2, -0.15) is 5.26 Å². The van der Waals surface area contributed by atoms with Gasteiger partial charge in [0, 0.05) is 22.4 Å². The topological polar surface area (TPSA) is 82.2 Å². The highest BCUT2D eigenvalue weighted by molar-refractivity contribution is 7.97. The van der Waals surface area contributed by atoms with Gasteiger partial charge in [0.2, 0.25) is 0 Å². The summed E-state index contributed by atoms with van der Waals surface area (Å²) in [6.45, 7) is 2.42. The average Bonchev–Trinajstić information content (AvgIpc) is 3.29. The fraction of sp³-hybridized carbons (Fsp3) is 0.167. The van der Waals surface area contributed by atoms with Crippen molar-refractivity contribution in [3.63, 3.8) is 0 Å². The summed E-state index contributed by atoms with van der Waals surface area (Å²) in [7, 11) is 0. The summed E-state index contributed by atoms with van der Waals surface area (Å²) >= 11 is 2.70. The molecule has 8 heteroatoms. The van der Waals surface area contributed by atoms with Crippen LogP contribution in [-0.2, 0) is 6.54 Å². The Morgan fingerprint density at radius 3 is 2.77 bits per heavy atom. The maximum atomic E-state index is 12.2. The smallest absolute Gasteiger partial charge is 0.280 e. The van der Waals surface area contributed by atoms with Crippen molar-refractivity contribution in [2.75, 3.05) is 11.2 Å². The first kappa shape index (κ1) is 18.0. The molecule has 132 valence electrons. The Morgan fingerprint density at radius 1 is 1.38 bits per heavy atom. The largest absolute Gasteiger partial charge is 0.472 e. The molecular weight excluding hydrogens is 368 g/mol. The quantitative estimate of drug-likeness (QED) is 0.640. The third kappa shape index (κ3) is 3.90. The second-order valence-electron chi connectivity index (χ2n) is 5.41. The van der Waals surface area contributed by atoms with E-state index >= 15 is 0 Å². The predicted octanol–water partition coefficient (Wildman–Crippen LogP) is 4.26. The summed E-state index contributed by atoms with van der Waals surface area (Å²) in [5.74, 6) is -0.208. The Bertz CT molecular complexity index is 927. The van der Waals surface area contributed by atoms with Crippen LogP contribution in [0, 0.1) is 18.3 Å². The van der Waals surface area contributed by atoms with Gasteiger partial charge < -0.3 is 9.32 Å². The van der Waals surface area contributed by atoms with E-state index in [0.717, 1.165) is 16.1 Å². The van der Waals surface area contributed by atoms with Gasteiger partial charge in [-0.3, -0.25) is 9.52 Å². The number of nitrogens with zero attached hydrogens (tertiary/aromatic N) is 3. The number of benzene rings is 1. The van der Waals surface area contributed by atoms with Crippen LogP contribution in [0.25, 0.3) is 0 Å². The van der Waals surface area contributed by atoms with Gasteiger partial charge in [0.25, 0.3) is 5.91 Å². The Hall–Kier alpha value is -2.76. The second-order valence-corrected chi connectivity index (χ2v) is 7.21. The molecule has 0 aliphatic rings. The van der Waals surface area contributed by atoms with E-state index in [0.29, 0.717) is 22.9 Å². The molecule has 1 amide bonds. The van der Waals surface area contributed by atoms with Gasteiger partial charge in [-0.15, -0.1) is 11.3 Å². The molecule has 0 unspecified atom stereocenters. The molecule has 26 heavy (non-hydrogen) atoms. The molecule has 0 aliphatic carbocycles. The van der Waals surface area contributed by atoms with Crippen LogP contribution < -0.4 is 9.62 Å². The summed E-state index contributed by atoms with van der Waals surface area (Å²) in [4.78, 5) is 19.6. The minimum atomic E-state index is -0.208. The summed E-state index contributed by atoms with van der Waals surface area (Å²) in [5.41, 5.74) is 2.88. The van der Waals surface area contributed by atoms with Crippen molar-refractivity contribution in [1.82, 2.24) is 9.71 Å². The van der Waals surface area contributed by atoms with Crippen LogP contribution in [0.3, 0.4) is 0 Å². The maximum Gasteiger partial charge on any atom is 0.280 e. The van der Waals surface area contributed by atoms with Crippen LogP contribution in [-0.4, -0.2) is 17.1 Å². The van der Waals surface area contributed by atoms with Gasteiger partial charge in [0.1, 0.15) is 5.69 Å². The number of hydrogen-bond acceptors (Lipinski definition) is 7. The molecule has 0 atom stereocenters. The number of hydrogen-bond donors (Lipinski definition) is 1. The van der Waals surface area contributed by atoms with Crippen molar-refractivity contribution in [3.05, 3.63) is 64.6 Å². The zero-order valence-corrected chi connectivity index (χ0v) is 15.9. The lowest BCUT2D eigenvalue weighted by molar-refractivity contribution is 0.0980. The van der Waals surface area contributed by atoms with E-state index < -0.39 is 0 Å². The molecule has 3 rings (SSSR count). The molecule has 1 aromatic carbocycles. The molecule has 0 spiro atoms. The molecule has 3 aromatic rings. The zero-order valence-electron chi connectivity index (χ0n) is 14.2. The lowest BCUT2D eigenvalue weighted by Crippen LogP contribution is -2.18. The van der Waals surface area contributed by atoms with Crippen molar-refractivity contribution in [3.8, 4) is 6.07 Å². The van der Waals surface area contributed by atoms with Crippen LogP contribution in [0.1, 0.15) is 26.5 Å². The van der Waals surface area contributed by atoms with Crippen LogP contribution in [0.15, 0.2) is 47.3 Å². The van der Waals surface area contributed by atoms with E-state index in [1.807, 2.05) is 30.0 Å². The Balaban J connectivity index is 1.98. The number of carbonyl (C=O) groups excluding carboxylic acids is 1. The van der Waals surface area contributed by atoms with E-state index in [-0.39, 0.29) is 5.91 Å². The first-order valence-corrected chi connectivity index (χ1v) is 9.76. The fourth-order valence-corrected chi connectivity index (χ4v) is 3.61. The molecule has 0 radical (unpaired) electrons. The Morgan fingerprint density at radius 2 is 2.15 bits per heavy atom. The average molecular weight is 384 g/mol. The highest BCUT2D eigenvalue weighted by Crippen LogP contribution is 2.33. The molecule has 0 bridgehead atoms. The van der Waals surface area contributed by atoms with E-state index in [1.165, 1.54) is 23.3 Å². The Labute approximate surface area is 159 Å². The minimum absolute atomic E-state index is 0.208. The minimum Gasteiger partial charge on any atom is -0.472 e. The van der Waals surface area contributed by atoms with Crippen molar-refractivity contribution in [2.24, 2.45) is 0 Å². The summed E-state index contributed by atoms with van der Waals surface area (Å²) < 4.78 is 7.88. The van der Waals surface area contributed by atoms with Crippen molar-refractivity contribution in [2.45, 2.75) is 13.5 Å². The van der Waals surface area contributed by atoms with E-state index in [1.54, 1.807) is 30.9 Å². The maximum absolute atomic E-state index is 12.2. The summed E-state index contributed by atoms with van der Waals surface area (Å²) in [5, 5.41) is 9.72. The number of furan rings is 1. The fourth-order valence-electron chi connectivity index (χ4n) is 2.40. The highest BCUT2D eigenvalue weighted by Gasteiger charge is 2.20. The third-order valence-electron chi connectivity index (χ3n) is 3.65. The van der Waals surface area contributed by atoms with E-state index in [4.69, 9.17) is 9.68 Å². The molecule has 1 N–H and O–H groups in total. The molecule has 6 nitrogen and oxygen atoms in total. The SMILES string of the molecule is CSNC(=O)c1nc(N(Cc2ccoc2)c2ccc(C#N)cc2)sc1C. The first-order valence-electron chi connectivity index (χ1n) is 7.72. The highest BCUT2D eigenvalue weighted by atomic mass is 32.2. The third-order valence-corrected chi connectivity index (χ3v) is 5.04. The number of carbonyl (C=O) groups is 1. The first-order chi connectivity index (χ1) is 12.6. The van der Waals surface area contributed by atoms with E-state index in [2.05, 4.69) is 15.8 Å². The molecule has 0 saturated carbocycles. The molecule has 2 heterocycles. The predicted molar refractivity (Wildman–Crippen MR) is 104 cm³/mol. The second kappa shape index (κ2) is 8.08. The molecular formula is C18H16N4O2S2. The van der Waals surface area contributed by atoms with Gasteiger partial charge in [0.05, 0.1) is 30.7 Å². The zero-order chi connectivity index (χ0) is 18.5. The Kier molecular flexibility index (Phi) is 5.61. The van der Waals surface area contributed by atoms with Crippen LogP contribution in [0.2, 0.25) is 0 Å². The van der Waals surface area contributed by atoms with Crippen LogP contribution >= 0.6 is 23.3 Å². The number of amides is 1. The number of aromatic nitrogens is 1. The number of thiazole rings is 1. The van der Waals surface area contributed by atoms with Gasteiger partial charge in [-0.05, 0) is 37.3 Å². The van der Waals surface area contributed by atoms with Crippen LogP contribution in [0.4, 0.5) is 10.8 Å². The number of rotatable bonds is 6. The van der Waals surface area contributed by atoms with Gasteiger partial charge in [-0.25, -0.2) is 4.98 Å². The summed E-state index contributed by atoms with van der Waals surface area (Å²) in [6, 6.07) is 11.3. The van der Waals surface area contributed by atoms with Crippen molar-refractivity contribution in [1.29, 1.82) is 5.26 Å². The standard InChI is InChI=1S/C18H16N4O2S2/c1-12-16(17(23)21-25-2)20-18(26-12)22(10-14-7-8-24-11-14)15-5-3-13(9-19)4-6-15/h3-8,11H,10H2,1-2H3,(H,21,23). The van der Waals surface area contributed by atoms with Gasteiger partial charge >= 0.3 is 0 Å². The molecule has 0 aliphatic heterocycles.